The Morgan fingerprint density at radius 1 is 1.12 bits per heavy atom. The standard InChI is InChI=1S/C19H18Cl3NO2/c20-14-7-8-16(18(22)10-14)19(24)23-9-3-5-15(11-23)25-12-13-4-1-2-6-17(13)21/h1-2,4,6-8,10,15H,3,5,9,11-12H2/t15-/m0/s1. The fourth-order valence-electron chi connectivity index (χ4n) is 2.92. The Bertz CT molecular complexity index is 766. The first-order valence-electron chi connectivity index (χ1n) is 8.14. The lowest BCUT2D eigenvalue weighted by molar-refractivity contribution is -0.00669. The van der Waals surface area contributed by atoms with Gasteiger partial charge in [0.05, 0.1) is 23.3 Å². The first-order chi connectivity index (χ1) is 12.0. The van der Waals surface area contributed by atoms with Crippen LogP contribution in [0.5, 0.6) is 0 Å². The third-order valence-electron chi connectivity index (χ3n) is 4.26. The Morgan fingerprint density at radius 2 is 1.92 bits per heavy atom. The molecule has 0 spiro atoms. The quantitative estimate of drug-likeness (QED) is 0.683. The fraction of sp³-hybridized carbons (Fsp3) is 0.316. The summed E-state index contributed by atoms with van der Waals surface area (Å²) in [6.07, 6.45) is 1.80. The van der Waals surface area contributed by atoms with Gasteiger partial charge >= 0.3 is 0 Å². The van der Waals surface area contributed by atoms with Gasteiger partial charge in [-0.15, -0.1) is 0 Å². The van der Waals surface area contributed by atoms with Gasteiger partial charge < -0.3 is 9.64 Å². The summed E-state index contributed by atoms with van der Waals surface area (Å²) in [4.78, 5) is 14.5. The van der Waals surface area contributed by atoms with Crippen LogP contribution in [0.3, 0.4) is 0 Å². The molecule has 0 N–H and O–H groups in total. The van der Waals surface area contributed by atoms with Crippen molar-refractivity contribution in [2.75, 3.05) is 13.1 Å². The fourth-order valence-corrected chi connectivity index (χ4v) is 3.59. The van der Waals surface area contributed by atoms with Crippen LogP contribution in [0.2, 0.25) is 15.1 Å². The Hall–Kier alpha value is -1.26. The molecule has 25 heavy (non-hydrogen) atoms. The first kappa shape index (κ1) is 18.5. The second-order valence-electron chi connectivity index (χ2n) is 6.04. The van der Waals surface area contributed by atoms with E-state index < -0.39 is 0 Å². The molecule has 1 amide bonds. The van der Waals surface area contributed by atoms with Crippen molar-refractivity contribution in [3.8, 4) is 0 Å². The maximum atomic E-state index is 12.7. The summed E-state index contributed by atoms with van der Waals surface area (Å²) in [6.45, 7) is 1.68. The lowest BCUT2D eigenvalue weighted by atomic mass is 10.1. The third-order valence-corrected chi connectivity index (χ3v) is 5.18. The zero-order valence-electron chi connectivity index (χ0n) is 13.6. The lowest BCUT2D eigenvalue weighted by Gasteiger charge is -2.33. The monoisotopic (exact) mass is 397 g/mol. The van der Waals surface area contributed by atoms with Gasteiger partial charge in [0.1, 0.15) is 0 Å². The molecule has 132 valence electrons. The van der Waals surface area contributed by atoms with Crippen molar-refractivity contribution < 1.29 is 9.53 Å². The van der Waals surface area contributed by atoms with Gasteiger partial charge in [-0.1, -0.05) is 53.0 Å². The maximum absolute atomic E-state index is 12.7. The number of carbonyl (C=O) groups excluding carboxylic acids is 1. The van der Waals surface area contributed by atoms with Crippen LogP contribution in [-0.4, -0.2) is 30.0 Å². The minimum absolute atomic E-state index is 0.0138. The van der Waals surface area contributed by atoms with Crippen LogP contribution >= 0.6 is 34.8 Å². The van der Waals surface area contributed by atoms with Gasteiger partial charge in [-0.2, -0.15) is 0 Å². The van der Waals surface area contributed by atoms with Crippen LogP contribution in [0.4, 0.5) is 0 Å². The summed E-state index contributed by atoms with van der Waals surface area (Å²) >= 11 is 18.2. The van der Waals surface area contributed by atoms with E-state index in [9.17, 15) is 4.79 Å². The molecule has 1 fully saturated rings. The van der Waals surface area contributed by atoms with E-state index in [0.29, 0.717) is 40.3 Å². The summed E-state index contributed by atoms with van der Waals surface area (Å²) < 4.78 is 5.98. The molecule has 0 bridgehead atoms. The maximum Gasteiger partial charge on any atom is 0.255 e. The van der Waals surface area contributed by atoms with Crippen molar-refractivity contribution in [2.24, 2.45) is 0 Å². The number of likely N-dealkylation sites (tertiary alicyclic amines) is 1. The Kier molecular flexibility index (Phi) is 6.24. The average Bonchev–Trinajstić information content (AvgIpc) is 2.61. The molecule has 1 atom stereocenters. The highest BCUT2D eigenvalue weighted by molar-refractivity contribution is 6.36. The van der Waals surface area contributed by atoms with Crippen molar-refractivity contribution in [2.45, 2.75) is 25.6 Å². The molecule has 0 aromatic heterocycles. The number of ether oxygens (including phenoxy) is 1. The highest BCUT2D eigenvalue weighted by atomic mass is 35.5. The van der Waals surface area contributed by atoms with E-state index in [2.05, 4.69) is 0 Å². The van der Waals surface area contributed by atoms with E-state index in [1.54, 1.807) is 23.1 Å². The van der Waals surface area contributed by atoms with Gasteiger partial charge in [-0.3, -0.25) is 4.79 Å². The van der Waals surface area contributed by atoms with E-state index in [0.717, 1.165) is 18.4 Å². The summed E-state index contributed by atoms with van der Waals surface area (Å²) in [5.41, 5.74) is 1.42. The van der Waals surface area contributed by atoms with E-state index in [4.69, 9.17) is 39.5 Å². The number of rotatable bonds is 4. The Balaban J connectivity index is 1.62. The largest absolute Gasteiger partial charge is 0.372 e. The molecular weight excluding hydrogens is 381 g/mol. The van der Waals surface area contributed by atoms with Crippen LogP contribution in [0, 0.1) is 0 Å². The molecule has 0 saturated carbocycles. The summed E-state index contributed by atoms with van der Waals surface area (Å²) in [6, 6.07) is 12.6. The predicted octanol–water partition coefficient (Wildman–Crippen LogP) is 5.47. The van der Waals surface area contributed by atoms with Crippen molar-refractivity contribution in [3.63, 3.8) is 0 Å². The Labute approximate surface area is 162 Å². The predicted molar refractivity (Wildman–Crippen MR) is 102 cm³/mol. The van der Waals surface area contributed by atoms with Gasteiger partial charge in [0.15, 0.2) is 0 Å². The topological polar surface area (TPSA) is 29.5 Å². The van der Waals surface area contributed by atoms with Gasteiger partial charge in [0.25, 0.3) is 5.91 Å². The highest BCUT2D eigenvalue weighted by Crippen LogP contribution is 2.25. The lowest BCUT2D eigenvalue weighted by Crippen LogP contribution is -2.43. The number of benzene rings is 2. The minimum Gasteiger partial charge on any atom is -0.372 e. The molecule has 1 heterocycles. The molecule has 0 radical (unpaired) electrons. The summed E-state index contributed by atoms with van der Waals surface area (Å²) in [5, 5.41) is 1.58. The van der Waals surface area contributed by atoms with Crippen LogP contribution in [0.25, 0.3) is 0 Å². The SMILES string of the molecule is O=C(c1ccc(Cl)cc1Cl)N1CCC[C@H](OCc2ccccc2Cl)C1. The number of hydrogen-bond donors (Lipinski definition) is 0. The van der Waals surface area contributed by atoms with Crippen molar-refractivity contribution in [3.05, 3.63) is 68.7 Å². The van der Waals surface area contributed by atoms with E-state index in [1.807, 2.05) is 24.3 Å². The van der Waals surface area contributed by atoms with Crippen LogP contribution in [0.1, 0.15) is 28.8 Å². The average molecular weight is 399 g/mol. The first-order valence-corrected chi connectivity index (χ1v) is 9.27. The number of piperidine rings is 1. The van der Waals surface area contributed by atoms with Crippen LogP contribution < -0.4 is 0 Å². The number of amides is 1. The molecule has 2 aromatic carbocycles. The van der Waals surface area contributed by atoms with Crippen LogP contribution in [0.15, 0.2) is 42.5 Å². The van der Waals surface area contributed by atoms with Crippen LogP contribution in [-0.2, 0) is 11.3 Å². The second-order valence-corrected chi connectivity index (χ2v) is 7.29. The molecule has 2 aromatic rings. The smallest absolute Gasteiger partial charge is 0.255 e. The molecule has 3 rings (SSSR count). The second kappa shape index (κ2) is 8.41. The number of nitrogens with zero attached hydrogens (tertiary/aromatic N) is 1. The number of hydrogen-bond acceptors (Lipinski definition) is 2. The Morgan fingerprint density at radius 3 is 2.68 bits per heavy atom. The van der Waals surface area contributed by atoms with E-state index >= 15 is 0 Å². The number of carbonyl (C=O) groups is 1. The van der Waals surface area contributed by atoms with Crippen molar-refractivity contribution in [1.29, 1.82) is 0 Å². The zero-order chi connectivity index (χ0) is 17.8. The van der Waals surface area contributed by atoms with Gasteiger partial charge in [-0.05, 0) is 42.7 Å². The normalized spacial score (nSPS) is 17.6. The molecule has 0 aliphatic carbocycles. The molecule has 1 aliphatic heterocycles. The molecule has 6 heteroatoms. The van der Waals surface area contributed by atoms with Gasteiger partial charge in [-0.25, -0.2) is 0 Å². The molecular formula is C19H18Cl3NO2. The van der Waals surface area contributed by atoms with Gasteiger partial charge in [0.2, 0.25) is 0 Å². The summed E-state index contributed by atoms with van der Waals surface area (Å²) in [5.74, 6) is -0.0901. The molecule has 1 aliphatic rings. The van der Waals surface area contributed by atoms with Crippen molar-refractivity contribution >= 4 is 40.7 Å². The minimum atomic E-state index is -0.0901. The van der Waals surface area contributed by atoms with E-state index in [-0.39, 0.29) is 12.0 Å². The molecule has 0 unspecified atom stereocenters. The van der Waals surface area contributed by atoms with E-state index in [1.165, 1.54) is 0 Å². The zero-order valence-corrected chi connectivity index (χ0v) is 15.8. The van der Waals surface area contributed by atoms with Crippen molar-refractivity contribution in [1.82, 2.24) is 4.90 Å². The molecule has 1 saturated heterocycles. The summed E-state index contributed by atoms with van der Waals surface area (Å²) in [7, 11) is 0. The molecule has 3 nitrogen and oxygen atoms in total. The third kappa shape index (κ3) is 4.68. The van der Waals surface area contributed by atoms with Gasteiger partial charge in [0, 0.05) is 23.1 Å². The number of halogens is 3. The highest BCUT2D eigenvalue weighted by Gasteiger charge is 2.26.